The minimum absolute atomic E-state index is 0.0574. The molecule has 0 unspecified atom stereocenters. The maximum atomic E-state index is 10.8. The molecule has 0 saturated heterocycles. The van der Waals surface area contributed by atoms with Gasteiger partial charge in [-0.2, -0.15) is 0 Å². The van der Waals surface area contributed by atoms with Crippen LogP contribution in [0.25, 0.3) is 0 Å². The van der Waals surface area contributed by atoms with Crippen molar-refractivity contribution in [3.05, 3.63) is 41.2 Å². The topological polar surface area (TPSA) is 64.4 Å². The normalized spacial score (nSPS) is 10.2. The fourth-order valence-corrected chi connectivity index (χ4v) is 1.50. The number of halogens is 1. The Balaban J connectivity index is 2.28. The summed E-state index contributed by atoms with van der Waals surface area (Å²) in [6.07, 6.45) is 1.24. The number of rotatable bonds is 3. The minimum atomic E-state index is -1.05. The average Bonchev–Trinajstić information content (AvgIpc) is 2.61. The SMILES string of the molecule is Cn1c(C(=O)O)cnc1Oc1cccc(Cl)c1. The van der Waals surface area contributed by atoms with Gasteiger partial charge in [-0.05, 0) is 18.2 Å². The zero-order valence-corrected chi connectivity index (χ0v) is 9.68. The third-order valence-corrected chi connectivity index (χ3v) is 2.40. The standard InChI is InChI=1S/C11H9ClN2O3/c1-14-9(10(15)16)6-13-11(14)17-8-4-2-3-7(12)5-8/h2-6H,1H3,(H,15,16). The van der Waals surface area contributed by atoms with Gasteiger partial charge in [0.05, 0.1) is 6.20 Å². The highest BCUT2D eigenvalue weighted by molar-refractivity contribution is 6.30. The molecule has 0 aliphatic rings. The van der Waals surface area contributed by atoms with E-state index in [4.69, 9.17) is 21.4 Å². The number of carboxylic acid groups (broad SMARTS) is 1. The van der Waals surface area contributed by atoms with Gasteiger partial charge < -0.3 is 9.84 Å². The summed E-state index contributed by atoms with van der Waals surface area (Å²) in [5, 5.41) is 9.39. The maximum Gasteiger partial charge on any atom is 0.354 e. The molecule has 0 aliphatic heterocycles. The van der Waals surface area contributed by atoms with Crippen LogP contribution in [0.5, 0.6) is 11.8 Å². The monoisotopic (exact) mass is 252 g/mol. The van der Waals surface area contributed by atoms with Crippen LogP contribution in [0.1, 0.15) is 10.5 Å². The van der Waals surface area contributed by atoms with Crippen molar-refractivity contribution < 1.29 is 14.6 Å². The number of aromatic nitrogens is 2. The van der Waals surface area contributed by atoms with Gasteiger partial charge in [0.1, 0.15) is 11.4 Å². The molecule has 2 rings (SSSR count). The van der Waals surface area contributed by atoms with Gasteiger partial charge in [-0.1, -0.05) is 17.7 Å². The predicted octanol–water partition coefficient (Wildman–Crippen LogP) is 2.56. The lowest BCUT2D eigenvalue weighted by Gasteiger charge is -2.05. The second kappa shape index (κ2) is 4.47. The van der Waals surface area contributed by atoms with Crippen LogP contribution < -0.4 is 4.74 Å². The molecule has 1 aromatic heterocycles. The highest BCUT2D eigenvalue weighted by atomic mass is 35.5. The summed E-state index contributed by atoms with van der Waals surface area (Å²) in [7, 11) is 1.57. The summed E-state index contributed by atoms with van der Waals surface area (Å²) in [5.41, 5.74) is 0.0574. The number of ether oxygens (including phenoxy) is 1. The molecule has 2 aromatic rings. The van der Waals surface area contributed by atoms with Crippen LogP contribution in [0.4, 0.5) is 0 Å². The number of hydrogen-bond donors (Lipinski definition) is 1. The van der Waals surface area contributed by atoms with E-state index in [-0.39, 0.29) is 11.7 Å². The molecular formula is C11H9ClN2O3. The molecule has 88 valence electrons. The Labute approximate surface area is 102 Å². The quantitative estimate of drug-likeness (QED) is 0.912. The molecule has 6 heteroatoms. The smallest absolute Gasteiger partial charge is 0.354 e. The zero-order chi connectivity index (χ0) is 12.4. The first-order chi connectivity index (χ1) is 8.08. The Kier molecular flexibility index (Phi) is 3.01. The molecular weight excluding hydrogens is 244 g/mol. The molecule has 0 spiro atoms. The predicted molar refractivity (Wildman–Crippen MR) is 61.7 cm³/mol. The molecule has 0 atom stereocenters. The zero-order valence-electron chi connectivity index (χ0n) is 8.92. The Morgan fingerprint density at radius 3 is 2.88 bits per heavy atom. The number of hydrogen-bond acceptors (Lipinski definition) is 3. The number of carbonyl (C=O) groups is 1. The van der Waals surface area contributed by atoms with Gasteiger partial charge >= 0.3 is 12.0 Å². The Bertz CT molecular complexity index is 566. The van der Waals surface area contributed by atoms with E-state index in [0.29, 0.717) is 10.8 Å². The van der Waals surface area contributed by atoms with Crippen molar-refractivity contribution in [3.8, 4) is 11.8 Å². The van der Waals surface area contributed by atoms with Crippen molar-refractivity contribution in [2.24, 2.45) is 7.05 Å². The third-order valence-electron chi connectivity index (χ3n) is 2.17. The molecule has 1 N–H and O–H groups in total. The fourth-order valence-electron chi connectivity index (χ4n) is 1.32. The van der Waals surface area contributed by atoms with Crippen molar-refractivity contribution >= 4 is 17.6 Å². The highest BCUT2D eigenvalue weighted by Crippen LogP contribution is 2.23. The molecule has 17 heavy (non-hydrogen) atoms. The van der Waals surface area contributed by atoms with Crippen LogP contribution in [0.2, 0.25) is 5.02 Å². The van der Waals surface area contributed by atoms with Crippen molar-refractivity contribution in [2.75, 3.05) is 0 Å². The summed E-state index contributed by atoms with van der Waals surface area (Å²) >= 11 is 5.81. The molecule has 5 nitrogen and oxygen atoms in total. The molecule has 0 fully saturated rings. The van der Waals surface area contributed by atoms with E-state index >= 15 is 0 Å². The van der Waals surface area contributed by atoms with Crippen molar-refractivity contribution in [3.63, 3.8) is 0 Å². The van der Waals surface area contributed by atoms with Crippen LogP contribution in [-0.2, 0) is 7.05 Å². The first-order valence-electron chi connectivity index (χ1n) is 4.76. The third kappa shape index (κ3) is 2.39. The number of nitrogens with zero attached hydrogens (tertiary/aromatic N) is 2. The highest BCUT2D eigenvalue weighted by Gasteiger charge is 2.13. The number of imidazole rings is 1. The van der Waals surface area contributed by atoms with Gasteiger partial charge in [0.25, 0.3) is 0 Å². The van der Waals surface area contributed by atoms with Gasteiger partial charge in [0.2, 0.25) is 0 Å². The van der Waals surface area contributed by atoms with Crippen LogP contribution >= 0.6 is 11.6 Å². The lowest BCUT2D eigenvalue weighted by Crippen LogP contribution is -2.05. The van der Waals surface area contributed by atoms with E-state index in [9.17, 15) is 4.79 Å². The van der Waals surface area contributed by atoms with Crippen LogP contribution in [-0.4, -0.2) is 20.6 Å². The summed E-state index contributed by atoms with van der Waals surface area (Å²) in [6.45, 7) is 0. The first-order valence-corrected chi connectivity index (χ1v) is 5.14. The van der Waals surface area contributed by atoms with Gasteiger partial charge in [0.15, 0.2) is 0 Å². The molecule has 1 heterocycles. The fraction of sp³-hybridized carbons (Fsp3) is 0.0909. The summed E-state index contributed by atoms with van der Waals surface area (Å²) < 4.78 is 6.78. The molecule has 0 bridgehead atoms. The van der Waals surface area contributed by atoms with Crippen molar-refractivity contribution in [2.45, 2.75) is 0 Å². The number of carboxylic acids is 1. The van der Waals surface area contributed by atoms with E-state index in [2.05, 4.69) is 4.98 Å². The Morgan fingerprint density at radius 2 is 2.29 bits per heavy atom. The molecule has 0 saturated carbocycles. The Hall–Kier alpha value is -2.01. The van der Waals surface area contributed by atoms with Crippen LogP contribution in [0.3, 0.4) is 0 Å². The number of aromatic carboxylic acids is 1. The van der Waals surface area contributed by atoms with Gasteiger partial charge in [-0.3, -0.25) is 4.57 Å². The minimum Gasteiger partial charge on any atom is -0.477 e. The lowest BCUT2D eigenvalue weighted by atomic mass is 10.3. The first kappa shape index (κ1) is 11.5. The summed E-state index contributed by atoms with van der Waals surface area (Å²) in [5.74, 6) is -0.552. The van der Waals surface area contributed by atoms with Gasteiger partial charge in [0, 0.05) is 12.1 Å². The van der Waals surface area contributed by atoms with Crippen LogP contribution in [0.15, 0.2) is 30.5 Å². The summed E-state index contributed by atoms with van der Waals surface area (Å²) in [6, 6.07) is 6.98. The molecule has 0 radical (unpaired) electrons. The average molecular weight is 253 g/mol. The summed E-state index contributed by atoms with van der Waals surface area (Å²) in [4.78, 5) is 14.7. The van der Waals surface area contributed by atoms with Gasteiger partial charge in [-0.15, -0.1) is 0 Å². The van der Waals surface area contributed by atoms with Crippen LogP contribution in [0, 0.1) is 0 Å². The maximum absolute atomic E-state index is 10.8. The van der Waals surface area contributed by atoms with Gasteiger partial charge in [-0.25, -0.2) is 9.78 Å². The van der Waals surface area contributed by atoms with Crippen molar-refractivity contribution in [1.29, 1.82) is 0 Å². The van der Waals surface area contributed by atoms with E-state index in [1.54, 1.807) is 31.3 Å². The molecule has 0 amide bonds. The van der Waals surface area contributed by atoms with E-state index in [0.717, 1.165) is 0 Å². The lowest BCUT2D eigenvalue weighted by molar-refractivity contribution is 0.0685. The number of benzene rings is 1. The molecule has 0 aliphatic carbocycles. The second-order valence-electron chi connectivity index (χ2n) is 3.35. The Morgan fingerprint density at radius 1 is 1.53 bits per heavy atom. The molecule has 1 aromatic carbocycles. The van der Waals surface area contributed by atoms with E-state index in [1.165, 1.54) is 10.8 Å². The largest absolute Gasteiger partial charge is 0.477 e. The van der Waals surface area contributed by atoms with E-state index in [1.807, 2.05) is 0 Å². The van der Waals surface area contributed by atoms with Crippen molar-refractivity contribution in [1.82, 2.24) is 9.55 Å². The van der Waals surface area contributed by atoms with E-state index < -0.39 is 5.97 Å². The second-order valence-corrected chi connectivity index (χ2v) is 3.79.